The number of nitrogens with two attached hydrogens (primary N) is 1. The summed E-state index contributed by atoms with van der Waals surface area (Å²) < 4.78 is 5.11. The lowest BCUT2D eigenvalue weighted by atomic mass is 9.98. The van der Waals surface area contributed by atoms with Crippen LogP contribution >= 0.6 is 0 Å². The number of nitrogens with zero attached hydrogens (tertiary/aromatic N) is 1. The van der Waals surface area contributed by atoms with Gasteiger partial charge in [-0.25, -0.2) is 0 Å². The minimum absolute atomic E-state index is 0.269. The van der Waals surface area contributed by atoms with Crippen molar-refractivity contribution in [3.05, 3.63) is 34.9 Å². The minimum Gasteiger partial charge on any atom is -0.383 e. The van der Waals surface area contributed by atoms with Gasteiger partial charge in [0.25, 0.3) is 0 Å². The molecule has 0 radical (unpaired) electrons. The van der Waals surface area contributed by atoms with Crippen molar-refractivity contribution in [3.63, 3.8) is 0 Å². The molecule has 96 valence electrons. The number of rotatable bonds is 6. The zero-order valence-electron chi connectivity index (χ0n) is 11.4. The van der Waals surface area contributed by atoms with Crippen molar-refractivity contribution in [2.45, 2.75) is 19.9 Å². The molecule has 0 amide bonds. The summed E-state index contributed by atoms with van der Waals surface area (Å²) in [6, 6.07) is 6.81. The Balaban J connectivity index is 2.88. The average Bonchev–Trinajstić information content (AvgIpc) is 2.32. The standard InChI is InChI=1S/C14H24N2O/c1-11-5-6-12(2)13(9-11)14(10-15)16(3)7-8-17-4/h5-6,9,14H,7-8,10,15H2,1-4H3. The smallest absolute Gasteiger partial charge is 0.0589 e. The molecule has 2 N–H and O–H groups in total. The van der Waals surface area contributed by atoms with Crippen LogP contribution in [0.5, 0.6) is 0 Å². The third kappa shape index (κ3) is 3.80. The second kappa shape index (κ2) is 6.74. The number of methoxy groups -OCH3 is 1. The van der Waals surface area contributed by atoms with Crippen LogP contribution in [0.1, 0.15) is 22.7 Å². The molecule has 0 aliphatic carbocycles. The van der Waals surface area contributed by atoms with Crippen molar-refractivity contribution in [1.29, 1.82) is 0 Å². The van der Waals surface area contributed by atoms with E-state index in [-0.39, 0.29) is 6.04 Å². The Hall–Kier alpha value is -0.900. The predicted molar refractivity (Wildman–Crippen MR) is 72.2 cm³/mol. The van der Waals surface area contributed by atoms with Crippen LogP contribution in [0.4, 0.5) is 0 Å². The highest BCUT2D eigenvalue weighted by Gasteiger charge is 2.17. The van der Waals surface area contributed by atoms with Gasteiger partial charge in [0, 0.05) is 26.2 Å². The van der Waals surface area contributed by atoms with Gasteiger partial charge in [0.15, 0.2) is 0 Å². The van der Waals surface area contributed by atoms with Gasteiger partial charge in [-0.15, -0.1) is 0 Å². The molecule has 0 aliphatic rings. The largest absolute Gasteiger partial charge is 0.383 e. The molecule has 0 saturated heterocycles. The Morgan fingerprint density at radius 3 is 2.65 bits per heavy atom. The molecular formula is C14H24N2O. The lowest BCUT2D eigenvalue weighted by Gasteiger charge is -2.28. The van der Waals surface area contributed by atoms with Crippen LogP contribution in [-0.4, -0.2) is 38.8 Å². The highest BCUT2D eigenvalue weighted by Crippen LogP contribution is 2.22. The fourth-order valence-corrected chi connectivity index (χ4v) is 2.05. The van der Waals surface area contributed by atoms with Crippen LogP contribution < -0.4 is 5.73 Å². The zero-order valence-corrected chi connectivity index (χ0v) is 11.4. The number of likely N-dealkylation sites (N-methyl/N-ethyl adjacent to an activating group) is 1. The van der Waals surface area contributed by atoms with Crippen molar-refractivity contribution in [1.82, 2.24) is 4.90 Å². The van der Waals surface area contributed by atoms with E-state index in [1.807, 2.05) is 0 Å². The molecule has 0 aromatic heterocycles. The first-order chi connectivity index (χ1) is 8.10. The quantitative estimate of drug-likeness (QED) is 0.819. The van der Waals surface area contributed by atoms with Crippen molar-refractivity contribution < 1.29 is 4.74 Å². The Kier molecular flexibility index (Phi) is 5.62. The van der Waals surface area contributed by atoms with E-state index in [1.165, 1.54) is 16.7 Å². The van der Waals surface area contributed by atoms with Crippen LogP contribution in [0, 0.1) is 13.8 Å². The van der Waals surface area contributed by atoms with E-state index < -0.39 is 0 Å². The van der Waals surface area contributed by atoms with E-state index in [9.17, 15) is 0 Å². The molecule has 0 saturated carbocycles. The molecule has 0 heterocycles. The molecule has 1 rings (SSSR count). The first-order valence-electron chi connectivity index (χ1n) is 6.06. The summed E-state index contributed by atoms with van der Waals surface area (Å²) in [6.07, 6.45) is 0. The van der Waals surface area contributed by atoms with Gasteiger partial charge in [0.05, 0.1) is 6.61 Å². The summed E-state index contributed by atoms with van der Waals surface area (Å²) in [6.45, 7) is 6.52. The molecule has 0 aliphatic heterocycles. The Bertz CT molecular complexity index is 352. The second-order valence-corrected chi connectivity index (χ2v) is 4.58. The van der Waals surface area contributed by atoms with Gasteiger partial charge in [-0.2, -0.15) is 0 Å². The molecule has 0 spiro atoms. The molecule has 0 bridgehead atoms. The fourth-order valence-electron chi connectivity index (χ4n) is 2.05. The predicted octanol–water partition coefficient (Wildman–Crippen LogP) is 1.88. The molecule has 3 nitrogen and oxygen atoms in total. The highest BCUT2D eigenvalue weighted by atomic mass is 16.5. The zero-order chi connectivity index (χ0) is 12.8. The summed E-state index contributed by atoms with van der Waals surface area (Å²) in [5.74, 6) is 0. The van der Waals surface area contributed by atoms with Crippen molar-refractivity contribution in [2.75, 3.05) is 33.9 Å². The van der Waals surface area contributed by atoms with E-state index >= 15 is 0 Å². The monoisotopic (exact) mass is 236 g/mol. The van der Waals surface area contributed by atoms with Gasteiger partial charge >= 0.3 is 0 Å². The Morgan fingerprint density at radius 2 is 2.06 bits per heavy atom. The number of benzene rings is 1. The summed E-state index contributed by atoms with van der Waals surface area (Å²) >= 11 is 0. The molecule has 0 fully saturated rings. The lowest BCUT2D eigenvalue weighted by molar-refractivity contribution is 0.140. The third-order valence-corrected chi connectivity index (χ3v) is 3.20. The summed E-state index contributed by atoms with van der Waals surface area (Å²) in [4.78, 5) is 2.26. The Morgan fingerprint density at radius 1 is 1.35 bits per heavy atom. The normalized spacial score (nSPS) is 13.1. The number of hydrogen-bond acceptors (Lipinski definition) is 3. The van der Waals surface area contributed by atoms with Crippen LogP contribution in [0.3, 0.4) is 0 Å². The van der Waals surface area contributed by atoms with Crippen LogP contribution in [0.25, 0.3) is 0 Å². The fraction of sp³-hybridized carbons (Fsp3) is 0.571. The van der Waals surface area contributed by atoms with Gasteiger partial charge in [-0.3, -0.25) is 4.90 Å². The molecule has 17 heavy (non-hydrogen) atoms. The minimum atomic E-state index is 0.269. The molecule has 1 atom stereocenters. The SMILES string of the molecule is COCCN(C)C(CN)c1cc(C)ccc1C. The molecule has 1 aromatic carbocycles. The lowest BCUT2D eigenvalue weighted by Crippen LogP contribution is -2.33. The van der Waals surface area contributed by atoms with Crippen LogP contribution in [0.2, 0.25) is 0 Å². The van der Waals surface area contributed by atoms with E-state index in [1.54, 1.807) is 7.11 Å². The van der Waals surface area contributed by atoms with Gasteiger partial charge in [0.2, 0.25) is 0 Å². The summed E-state index contributed by atoms with van der Waals surface area (Å²) in [7, 11) is 3.82. The first-order valence-corrected chi connectivity index (χ1v) is 6.06. The van der Waals surface area contributed by atoms with Crippen molar-refractivity contribution in [3.8, 4) is 0 Å². The topological polar surface area (TPSA) is 38.5 Å². The first kappa shape index (κ1) is 14.2. The molecule has 3 heteroatoms. The summed E-state index contributed by atoms with van der Waals surface area (Å²) in [5, 5.41) is 0. The Labute approximate surface area is 105 Å². The average molecular weight is 236 g/mol. The van der Waals surface area contributed by atoms with E-state index in [2.05, 4.69) is 44.0 Å². The maximum Gasteiger partial charge on any atom is 0.0589 e. The number of ether oxygens (including phenoxy) is 1. The second-order valence-electron chi connectivity index (χ2n) is 4.58. The van der Waals surface area contributed by atoms with Crippen molar-refractivity contribution in [2.24, 2.45) is 5.73 Å². The van der Waals surface area contributed by atoms with Crippen LogP contribution in [-0.2, 0) is 4.74 Å². The van der Waals surface area contributed by atoms with E-state index in [0.717, 1.165) is 13.2 Å². The molecule has 1 aromatic rings. The third-order valence-electron chi connectivity index (χ3n) is 3.20. The number of hydrogen-bond donors (Lipinski definition) is 1. The van der Waals surface area contributed by atoms with Gasteiger partial charge in [-0.05, 0) is 32.0 Å². The van der Waals surface area contributed by atoms with Gasteiger partial charge < -0.3 is 10.5 Å². The maximum absolute atomic E-state index is 5.91. The van der Waals surface area contributed by atoms with E-state index in [4.69, 9.17) is 10.5 Å². The van der Waals surface area contributed by atoms with Crippen LogP contribution in [0.15, 0.2) is 18.2 Å². The van der Waals surface area contributed by atoms with E-state index in [0.29, 0.717) is 6.54 Å². The van der Waals surface area contributed by atoms with Gasteiger partial charge in [0.1, 0.15) is 0 Å². The number of aryl methyl sites for hydroxylation is 2. The molecule has 1 unspecified atom stereocenters. The van der Waals surface area contributed by atoms with Gasteiger partial charge in [-0.1, -0.05) is 23.8 Å². The summed E-state index contributed by atoms with van der Waals surface area (Å²) in [5.41, 5.74) is 9.82. The highest BCUT2D eigenvalue weighted by molar-refractivity contribution is 5.33. The van der Waals surface area contributed by atoms with Crippen molar-refractivity contribution >= 4 is 0 Å². The maximum atomic E-state index is 5.91. The molecular weight excluding hydrogens is 212 g/mol.